The summed E-state index contributed by atoms with van der Waals surface area (Å²) in [5, 5.41) is 9.73. The molecule has 1 aliphatic heterocycles. The first kappa shape index (κ1) is 10.3. The van der Waals surface area contributed by atoms with E-state index in [0.29, 0.717) is 11.8 Å². The number of nitrogens with zero attached hydrogens (tertiary/aromatic N) is 1. The molecule has 3 nitrogen and oxygen atoms in total. The van der Waals surface area contributed by atoms with Crippen molar-refractivity contribution in [3.05, 3.63) is 23.3 Å². The Kier molecular flexibility index (Phi) is 2.57. The number of methoxy groups -OCH3 is 1. The van der Waals surface area contributed by atoms with Crippen molar-refractivity contribution in [2.24, 2.45) is 0 Å². The van der Waals surface area contributed by atoms with E-state index in [-0.39, 0.29) is 5.75 Å². The highest BCUT2D eigenvalue weighted by Crippen LogP contribution is 2.36. The zero-order valence-corrected chi connectivity index (χ0v) is 9.45. The number of benzene rings is 1. The lowest BCUT2D eigenvalue weighted by Crippen LogP contribution is -2.30. The second-order valence-electron chi connectivity index (χ2n) is 4.13. The van der Waals surface area contributed by atoms with Gasteiger partial charge in [0.15, 0.2) is 11.5 Å². The molecule has 0 bridgehead atoms. The molecule has 1 N–H and O–H groups in total. The summed E-state index contributed by atoms with van der Waals surface area (Å²) in [4.78, 5) is 2.29. The van der Waals surface area contributed by atoms with Crippen LogP contribution in [0.15, 0.2) is 12.1 Å². The van der Waals surface area contributed by atoms with E-state index in [2.05, 4.69) is 18.9 Å². The lowest BCUT2D eigenvalue weighted by molar-refractivity contribution is 0.246. The molecule has 1 aliphatic rings. The molecule has 0 spiro atoms. The van der Waals surface area contributed by atoms with E-state index in [4.69, 9.17) is 4.74 Å². The van der Waals surface area contributed by atoms with Gasteiger partial charge in [-0.3, -0.25) is 4.90 Å². The van der Waals surface area contributed by atoms with Gasteiger partial charge >= 0.3 is 0 Å². The molecule has 0 radical (unpaired) electrons. The summed E-state index contributed by atoms with van der Waals surface area (Å²) in [6, 6.07) is 4.15. The fraction of sp³-hybridized carbons (Fsp3) is 0.500. The molecule has 0 amide bonds. The van der Waals surface area contributed by atoms with E-state index < -0.39 is 0 Å². The Morgan fingerprint density at radius 2 is 2.20 bits per heavy atom. The maximum Gasteiger partial charge on any atom is 0.160 e. The summed E-state index contributed by atoms with van der Waals surface area (Å²) in [6.07, 6.45) is 1.02. The molecule has 15 heavy (non-hydrogen) atoms. The lowest BCUT2D eigenvalue weighted by Gasteiger charge is -2.32. The van der Waals surface area contributed by atoms with Crippen molar-refractivity contribution in [1.82, 2.24) is 4.90 Å². The monoisotopic (exact) mass is 207 g/mol. The normalized spacial score (nSPS) is 21.1. The summed E-state index contributed by atoms with van der Waals surface area (Å²) in [5.41, 5.74) is 2.50. The molecule has 1 heterocycles. The maximum absolute atomic E-state index is 9.73. The second kappa shape index (κ2) is 3.74. The molecule has 82 valence electrons. The molecule has 0 saturated carbocycles. The number of ether oxygens (including phenoxy) is 1. The molecule has 0 fully saturated rings. The predicted octanol–water partition coefficient (Wildman–Crippen LogP) is 1.95. The number of likely N-dealkylation sites (N-methyl/N-ethyl adjacent to an activating group) is 1. The van der Waals surface area contributed by atoms with Gasteiger partial charge < -0.3 is 9.84 Å². The van der Waals surface area contributed by atoms with Crippen LogP contribution in [0.25, 0.3) is 0 Å². The topological polar surface area (TPSA) is 32.7 Å². The van der Waals surface area contributed by atoms with Gasteiger partial charge in [-0.1, -0.05) is 0 Å². The third-order valence-corrected chi connectivity index (χ3v) is 3.29. The molecule has 2 rings (SSSR count). The lowest BCUT2D eigenvalue weighted by atomic mass is 9.93. The number of phenolic OH excluding ortho intramolecular Hbond substituents is 1. The molecule has 1 atom stereocenters. The van der Waals surface area contributed by atoms with Crippen LogP contribution in [0.5, 0.6) is 11.5 Å². The zero-order valence-electron chi connectivity index (χ0n) is 9.45. The van der Waals surface area contributed by atoms with Crippen molar-refractivity contribution < 1.29 is 9.84 Å². The van der Waals surface area contributed by atoms with Gasteiger partial charge in [-0.05, 0) is 43.7 Å². The Labute approximate surface area is 90.3 Å². The van der Waals surface area contributed by atoms with Gasteiger partial charge in [0.2, 0.25) is 0 Å². The highest BCUT2D eigenvalue weighted by atomic mass is 16.5. The molecule has 0 aromatic heterocycles. The minimum atomic E-state index is 0.235. The quantitative estimate of drug-likeness (QED) is 0.764. The van der Waals surface area contributed by atoms with Gasteiger partial charge in [0, 0.05) is 12.6 Å². The van der Waals surface area contributed by atoms with Crippen molar-refractivity contribution in [3.63, 3.8) is 0 Å². The largest absolute Gasteiger partial charge is 0.504 e. The fourth-order valence-corrected chi connectivity index (χ4v) is 2.12. The van der Waals surface area contributed by atoms with Gasteiger partial charge in [-0.15, -0.1) is 0 Å². The van der Waals surface area contributed by atoms with E-state index in [1.807, 2.05) is 12.1 Å². The van der Waals surface area contributed by atoms with E-state index in [0.717, 1.165) is 13.0 Å². The third kappa shape index (κ3) is 1.67. The maximum atomic E-state index is 9.73. The summed E-state index contributed by atoms with van der Waals surface area (Å²) in [5.74, 6) is 0.809. The van der Waals surface area contributed by atoms with E-state index >= 15 is 0 Å². The molecule has 1 aromatic carbocycles. The molecule has 0 saturated heterocycles. The van der Waals surface area contributed by atoms with Crippen LogP contribution in [0, 0.1) is 0 Å². The Morgan fingerprint density at radius 3 is 2.87 bits per heavy atom. The zero-order chi connectivity index (χ0) is 11.0. The summed E-state index contributed by atoms with van der Waals surface area (Å²) in [6.45, 7) is 3.21. The number of aromatic hydroxyl groups is 1. The first-order valence-corrected chi connectivity index (χ1v) is 5.23. The van der Waals surface area contributed by atoms with E-state index in [9.17, 15) is 5.11 Å². The van der Waals surface area contributed by atoms with Crippen LogP contribution in [0.2, 0.25) is 0 Å². The average molecular weight is 207 g/mol. The number of fused-ring (bicyclic) bond motifs is 1. The van der Waals surface area contributed by atoms with Gasteiger partial charge in [-0.25, -0.2) is 0 Å². The van der Waals surface area contributed by atoms with Crippen LogP contribution >= 0.6 is 0 Å². The Balaban J connectivity index is 2.47. The fourth-order valence-electron chi connectivity index (χ4n) is 2.12. The molecule has 1 unspecified atom stereocenters. The van der Waals surface area contributed by atoms with Crippen LogP contribution in [-0.2, 0) is 6.42 Å². The Bertz CT molecular complexity index is 376. The van der Waals surface area contributed by atoms with Crippen LogP contribution in [0.3, 0.4) is 0 Å². The summed E-state index contributed by atoms with van der Waals surface area (Å²) >= 11 is 0. The van der Waals surface area contributed by atoms with Gasteiger partial charge in [0.1, 0.15) is 0 Å². The average Bonchev–Trinajstić information content (AvgIpc) is 2.24. The minimum absolute atomic E-state index is 0.235. The number of rotatable bonds is 1. The van der Waals surface area contributed by atoms with Gasteiger partial charge in [0.05, 0.1) is 7.11 Å². The highest BCUT2D eigenvalue weighted by molar-refractivity contribution is 5.48. The minimum Gasteiger partial charge on any atom is -0.504 e. The van der Waals surface area contributed by atoms with Crippen LogP contribution in [0.1, 0.15) is 24.1 Å². The Hall–Kier alpha value is -1.22. The SMILES string of the molecule is COc1cc2c(cc1O)C(C)N(C)CC2. The Morgan fingerprint density at radius 1 is 1.47 bits per heavy atom. The van der Waals surface area contributed by atoms with Crippen molar-refractivity contribution >= 4 is 0 Å². The molecule has 3 heteroatoms. The first-order chi connectivity index (χ1) is 7.13. The van der Waals surface area contributed by atoms with Gasteiger partial charge in [0.25, 0.3) is 0 Å². The van der Waals surface area contributed by atoms with Crippen LogP contribution in [-0.4, -0.2) is 30.7 Å². The van der Waals surface area contributed by atoms with Crippen molar-refractivity contribution in [2.75, 3.05) is 20.7 Å². The number of hydrogen-bond acceptors (Lipinski definition) is 3. The van der Waals surface area contributed by atoms with Crippen molar-refractivity contribution in [1.29, 1.82) is 0 Å². The predicted molar refractivity (Wildman–Crippen MR) is 59.4 cm³/mol. The van der Waals surface area contributed by atoms with E-state index in [1.165, 1.54) is 11.1 Å². The van der Waals surface area contributed by atoms with Crippen molar-refractivity contribution in [2.45, 2.75) is 19.4 Å². The standard InChI is InChI=1S/C12H17NO2/c1-8-10-7-11(14)12(15-3)6-9(10)4-5-13(8)2/h6-8,14H,4-5H2,1-3H3. The second-order valence-corrected chi connectivity index (χ2v) is 4.13. The molecule has 1 aromatic rings. The smallest absolute Gasteiger partial charge is 0.160 e. The molecular formula is C12H17NO2. The van der Waals surface area contributed by atoms with Crippen LogP contribution < -0.4 is 4.74 Å². The highest BCUT2D eigenvalue weighted by Gasteiger charge is 2.22. The number of hydrogen-bond donors (Lipinski definition) is 1. The summed E-state index contributed by atoms with van der Waals surface area (Å²) in [7, 11) is 3.69. The summed E-state index contributed by atoms with van der Waals surface area (Å²) < 4.78 is 5.11. The third-order valence-electron chi connectivity index (χ3n) is 3.29. The number of phenols is 1. The first-order valence-electron chi connectivity index (χ1n) is 5.23. The van der Waals surface area contributed by atoms with Gasteiger partial charge in [-0.2, -0.15) is 0 Å². The van der Waals surface area contributed by atoms with Crippen LogP contribution in [0.4, 0.5) is 0 Å². The van der Waals surface area contributed by atoms with Crippen molar-refractivity contribution in [3.8, 4) is 11.5 Å². The molecule has 0 aliphatic carbocycles. The molecular weight excluding hydrogens is 190 g/mol. The van der Waals surface area contributed by atoms with E-state index in [1.54, 1.807) is 7.11 Å².